The van der Waals surface area contributed by atoms with E-state index in [1.165, 1.54) is 13.2 Å². The fourth-order valence-corrected chi connectivity index (χ4v) is 3.14. The van der Waals surface area contributed by atoms with E-state index in [9.17, 15) is 9.59 Å². The summed E-state index contributed by atoms with van der Waals surface area (Å²) in [6, 6.07) is 3.15. The van der Waals surface area contributed by atoms with Gasteiger partial charge in [-0.25, -0.2) is 9.78 Å². The number of methoxy groups -OCH3 is 1. The number of carbonyl (C=O) groups excluding carboxylic acids is 2. The van der Waals surface area contributed by atoms with Gasteiger partial charge in [0, 0.05) is 44.7 Å². The second-order valence-corrected chi connectivity index (χ2v) is 6.16. The van der Waals surface area contributed by atoms with E-state index in [2.05, 4.69) is 14.7 Å². The molecule has 4 heterocycles. The van der Waals surface area contributed by atoms with Gasteiger partial charge >= 0.3 is 5.97 Å². The monoisotopic (exact) mass is 354 g/mol. The Kier molecular flexibility index (Phi) is 3.87. The quantitative estimate of drug-likeness (QED) is 0.728. The number of ether oxygens (including phenoxy) is 1. The lowest BCUT2D eigenvalue weighted by Crippen LogP contribution is -2.34. The Hall–Kier alpha value is -3.29. The van der Waals surface area contributed by atoms with E-state index in [0.29, 0.717) is 29.9 Å². The summed E-state index contributed by atoms with van der Waals surface area (Å²) >= 11 is 0. The van der Waals surface area contributed by atoms with Crippen molar-refractivity contribution in [3.8, 4) is 0 Å². The molecule has 134 valence electrons. The molecule has 1 amide bonds. The van der Waals surface area contributed by atoms with Crippen molar-refractivity contribution < 1.29 is 18.7 Å². The number of carbonyl (C=O) groups is 2. The summed E-state index contributed by atoms with van der Waals surface area (Å²) in [6.07, 6.45) is 6.43. The summed E-state index contributed by atoms with van der Waals surface area (Å²) in [6.45, 7) is 1.10. The number of esters is 1. The first-order chi connectivity index (χ1) is 12.6. The molecule has 1 N–H and O–H groups in total. The highest BCUT2D eigenvalue weighted by atomic mass is 16.5. The van der Waals surface area contributed by atoms with E-state index in [-0.39, 0.29) is 11.7 Å². The molecule has 1 aliphatic rings. The van der Waals surface area contributed by atoms with Crippen LogP contribution in [0.4, 0.5) is 0 Å². The van der Waals surface area contributed by atoms with E-state index >= 15 is 0 Å². The van der Waals surface area contributed by atoms with E-state index in [0.717, 1.165) is 17.8 Å². The van der Waals surface area contributed by atoms with Crippen LogP contribution >= 0.6 is 0 Å². The van der Waals surface area contributed by atoms with Crippen LogP contribution in [0.3, 0.4) is 0 Å². The number of aryl methyl sites for hydroxylation is 1. The largest absolute Gasteiger partial charge is 0.464 e. The zero-order valence-corrected chi connectivity index (χ0v) is 14.5. The number of H-pyrrole nitrogens is 1. The predicted molar refractivity (Wildman–Crippen MR) is 93.6 cm³/mol. The van der Waals surface area contributed by atoms with E-state index in [4.69, 9.17) is 4.42 Å². The number of aromatic amines is 1. The van der Waals surface area contributed by atoms with Crippen molar-refractivity contribution in [2.24, 2.45) is 7.05 Å². The second kappa shape index (κ2) is 6.21. The van der Waals surface area contributed by atoms with Crippen LogP contribution in [0.2, 0.25) is 0 Å². The van der Waals surface area contributed by atoms with Crippen LogP contribution < -0.4 is 0 Å². The van der Waals surface area contributed by atoms with Crippen LogP contribution in [0.1, 0.15) is 33.3 Å². The molecule has 0 fully saturated rings. The number of furan rings is 1. The molecule has 0 aliphatic carbocycles. The first kappa shape index (κ1) is 16.2. The molecule has 0 radical (unpaired) electrons. The van der Waals surface area contributed by atoms with Crippen molar-refractivity contribution in [3.63, 3.8) is 0 Å². The first-order valence-electron chi connectivity index (χ1n) is 8.23. The van der Waals surface area contributed by atoms with Gasteiger partial charge in [0.15, 0.2) is 11.3 Å². The molecular formula is C18H18N4O4. The van der Waals surface area contributed by atoms with Crippen molar-refractivity contribution in [1.29, 1.82) is 0 Å². The fraction of sp³-hybridized carbons (Fsp3) is 0.278. The lowest BCUT2D eigenvalue weighted by Gasteiger charge is -2.25. The number of hydrogen-bond acceptors (Lipinski definition) is 5. The van der Waals surface area contributed by atoms with Gasteiger partial charge in [0.1, 0.15) is 11.5 Å². The van der Waals surface area contributed by atoms with Gasteiger partial charge in [-0.05, 0) is 12.0 Å². The molecule has 1 aliphatic heterocycles. The van der Waals surface area contributed by atoms with Crippen LogP contribution in [0.25, 0.3) is 16.7 Å². The minimum absolute atomic E-state index is 0.177. The van der Waals surface area contributed by atoms with Gasteiger partial charge in [0.2, 0.25) is 0 Å². The molecule has 0 atom stereocenters. The number of imidazole rings is 1. The van der Waals surface area contributed by atoms with Crippen LogP contribution in [0.5, 0.6) is 0 Å². The highest BCUT2D eigenvalue weighted by molar-refractivity contribution is 5.98. The molecule has 0 spiro atoms. The summed E-state index contributed by atoms with van der Waals surface area (Å²) in [4.78, 5) is 33.2. The number of rotatable bonds is 3. The molecule has 26 heavy (non-hydrogen) atoms. The zero-order chi connectivity index (χ0) is 18.3. The van der Waals surface area contributed by atoms with Crippen molar-refractivity contribution >= 4 is 28.5 Å². The van der Waals surface area contributed by atoms with Gasteiger partial charge < -0.3 is 23.6 Å². The number of nitrogens with one attached hydrogen (secondary N) is 1. The number of nitrogens with zero attached hydrogens (tertiary/aromatic N) is 3. The molecule has 3 aromatic heterocycles. The van der Waals surface area contributed by atoms with Crippen LogP contribution in [-0.4, -0.2) is 51.5 Å². The molecule has 0 bridgehead atoms. The standard InChI is InChI=1S/C18H18N4O4/c1-21-8-5-19-16(21)11-3-6-22(7-4-11)17(23)15-9-12-14(26-15)10-13(20-12)18(24)25-2/h3,5,8-10,20H,4,6-7H2,1-2H3. The minimum atomic E-state index is -0.479. The summed E-state index contributed by atoms with van der Waals surface area (Å²) in [5.74, 6) is 0.520. The number of amides is 1. The first-order valence-corrected chi connectivity index (χ1v) is 8.23. The van der Waals surface area contributed by atoms with Crippen molar-refractivity contribution in [1.82, 2.24) is 19.4 Å². The zero-order valence-electron chi connectivity index (χ0n) is 14.5. The lowest BCUT2D eigenvalue weighted by molar-refractivity contribution is 0.0595. The van der Waals surface area contributed by atoms with Gasteiger partial charge in [0.05, 0.1) is 12.6 Å². The molecule has 0 saturated carbocycles. The van der Waals surface area contributed by atoms with Gasteiger partial charge in [-0.2, -0.15) is 0 Å². The van der Waals surface area contributed by atoms with E-state index < -0.39 is 5.97 Å². The third kappa shape index (κ3) is 2.69. The predicted octanol–water partition coefficient (Wildman–Crippen LogP) is 2.21. The van der Waals surface area contributed by atoms with Crippen LogP contribution in [-0.2, 0) is 11.8 Å². The fourth-order valence-electron chi connectivity index (χ4n) is 3.14. The topological polar surface area (TPSA) is 93.4 Å². The van der Waals surface area contributed by atoms with Crippen molar-refractivity contribution in [2.75, 3.05) is 20.2 Å². The highest BCUT2D eigenvalue weighted by Crippen LogP contribution is 2.25. The molecule has 0 saturated heterocycles. The summed E-state index contributed by atoms with van der Waals surface area (Å²) < 4.78 is 12.2. The third-order valence-electron chi connectivity index (χ3n) is 4.53. The molecule has 4 rings (SSSR count). The van der Waals surface area contributed by atoms with E-state index in [1.54, 1.807) is 17.2 Å². The molecule has 0 aromatic carbocycles. The Balaban J connectivity index is 1.51. The minimum Gasteiger partial charge on any atom is -0.464 e. The number of aromatic nitrogens is 3. The van der Waals surface area contributed by atoms with E-state index in [1.807, 2.05) is 23.9 Å². The Morgan fingerprint density at radius 2 is 2.19 bits per heavy atom. The number of hydrogen-bond donors (Lipinski definition) is 1. The Labute approximate surface area is 149 Å². The third-order valence-corrected chi connectivity index (χ3v) is 4.53. The normalized spacial score (nSPS) is 14.5. The van der Waals surface area contributed by atoms with Gasteiger partial charge in [-0.15, -0.1) is 0 Å². The smallest absolute Gasteiger partial charge is 0.354 e. The molecular weight excluding hydrogens is 336 g/mol. The Morgan fingerprint density at radius 1 is 1.35 bits per heavy atom. The van der Waals surface area contributed by atoms with Crippen molar-refractivity contribution in [3.05, 3.63) is 47.9 Å². The second-order valence-electron chi connectivity index (χ2n) is 6.16. The maximum Gasteiger partial charge on any atom is 0.354 e. The van der Waals surface area contributed by atoms with Gasteiger partial charge in [-0.1, -0.05) is 6.08 Å². The maximum atomic E-state index is 12.7. The summed E-state index contributed by atoms with van der Waals surface area (Å²) in [7, 11) is 3.26. The Bertz CT molecular complexity index is 992. The maximum absolute atomic E-state index is 12.7. The van der Waals surface area contributed by atoms with Gasteiger partial charge in [-0.3, -0.25) is 4.79 Å². The van der Waals surface area contributed by atoms with Crippen LogP contribution in [0.15, 0.2) is 35.0 Å². The molecule has 3 aromatic rings. The van der Waals surface area contributed by atoms with Crippen LogP contribution in [0, 0.1) is 0 Å². The Morgan fingerprint density at radius 3 is 2.81 bits per heavy atom. The van der Waals surface area contributed by atoms with Gasteiger partial charge in [0.25, 0.3) is 5.91 Å². The summed E-state index contributed by atoms with van der Waals surface area (Å²) in [5, 5.41) is 0. The molecule has 8 heteroatoms. The number of fused-ring (bicyclic) bond motifs is 1. The van der Waals surface area contributed by atoms with Crippen molar-refractivity contribution in [2.45, 2.75) is 6.42 Å². The average Bonchev–Trinajstić information content (AvgIpc) is 3.35. The molecule has 0 unspecified atom stereocenters. The molecule has 8 nitrogen and oxygen atoms in total. The lowest BCUT2D eigenvalue weighted by atomic mass is 10.1. The SMILES string of the molecule is COC(=O)c1cc2oc(C(=O)N3CC=C(c4nccn4C)CC3)cc2[nH]1. The highest BCUT2D eigenvalue weighted by Gasteiger charge is 2.24. The average molecular weight is 354 g/mol. The summed E-state index contributed by atoms with van der Waals surface area (Å²) in [5.41, 5.74) is 2.47.